The van der Waals surface area contributed by atoms with Crippen LogP contribution in [-0.4, -0.2) is 22.7 Å². The Morgan fingerprint density at radius 1 is 1.73 bits per heavy atom. The highest BCUT2D eigenvalue weighted by Crippen LogP contribution is 2.14. The van der Waals surface area contributed by atoms with E-state index in [0.717, 1.165) is 18.9 Å². The molecule has 3 nitrogen and oxygen atoms in total. The fourth-order valence-electron chi connectivity index (χ4n) is 1.43. The second kappa shape index (κ2) is 3.05. The summed E-state index contributed by atoms with van der Waals surface area (Å²) < 4.78 is 5.47. The zero-order valence-electron chi connectivity index (χ0n) is 6.42. The van der Waals surface area contributed by atoms with Crippen LogP contribution in [0.2, 0.25) is 0 Å². The van der Waals surface area contributed by atoms with Gasteiger partial charge in [0.1, 0.15) is 5.82 Å². The zero-order valence-corrected chi connectivity index (χ0v) is 6.42. The first-order valence-corrected chi connectivity index (χ1v) is 4.05. The van der Waals surface area contributed by atoms with E-state index in [1.165, 1.54) is 12.8 Å². The molecule has 0 saturated carbocycles. The van der Waals surface area contributed by atoms with Crippen molar-refractivity contribution in [1.29, 1.82) is 0 Å². The molecule has 11 heavy (non-hydrogen) atoms. The summed E-state index contributed by atoms with van der Waals surface area (Å²) in [4.78, 5) is 7.22. The first kappa shape index (κ1) is 6.85. The summed E-state index contributed by atoms with van der Waals surface area (Å²) in [6.07, 6.45) is 7.36. The van der Waals surface area contributed by atoms with Crippen LogP contribution in [0.25, 0.3) is 0 Å². The van der Waals surface area contributed by atoms with Crippen LogP contribution in [0.5, 0.6) is 0 Å². The van der Waals surface area contributed by atoms with Gasteiger partial charge in [-0.1, -0.05) is 0 Å². The molecule has 1 fully saturated rings. The molecule has 2 rings (SSSR count). The minimum Gasteiger partial charge on any atom is -0.378 e. The zero-order chi connectivity index (χ0) is 7.52. The van der Waals surface area contributed by atoms with Gasteiger partial charge in [0.25, 0.3) is 0 Å². The lowest BCUT2D eigenvalue weighted by molar-refractivity contribution is 0.110. The maximum atomic E-state index is 5.47. The largest absolute Gasteiger partial charge is 0.378 e. The lowest BCUT2D eigenvalue weighted by atomic mass is 10.2. The van der Waals surface area contributed by atoms with E-state index in [1.807, 2.05) is 6.20 Å². The highest BCUT2D eigenvalue weighted by Gasteiger charge is 2.16. The Kier molecular flexibility index (Phi) is 1.90. The number of nitrogens with one attached hydrogen (secondary N) is 1. The van der Waals surface area contributed by atoms with Crippen molar-refractivity contribution >= 4 is 0 Å². The van der Waals surface area contributed by atoms with Crippen molar-refractivity contribution in [3.8, 4) is 0 Å². The van der Waals surface area contributed by atoms with Crippen molar-refractivity contribution in [2.45, 2.75) is 25.4 Å². The van der Waals surface area contributed by atoms with Crippen molar-refractivity contribution in [3.63, 3.8) is 0 Å². The quantitative estimate of drug-likeness (QED) is 0.689. The minimum atomic E-state index is 0.404. The SMILES string of the molecule is c1c[nH]c(C[C@H]2CCCO2)n1. The molecule has 1 aliphatic rings. The molecule has 60 valence electrons. The van der Waals surface area contributed by atoms with Crippen LogP contribution in [0.15, 0.2) is 12.4 Å². The van der Waals surface area contributed by atoms with E-state index in [0.29, 0.717) is 6.10 Å². The van der Waals surface area contributed by atoms with Gasteiger partial charge in [0.05, 0.1) is 6.10 Å². The molecule has 1 aliphatic heterocycles. The minimum absolute atomic E-state index is 0.404. The summed E-state index contributed by atoms with van der Waals surface area (Å²) in [6.45, 7) is 0.922. The monoisotopic (exact) mass is 152 g/mol. The molecular formula is C8H12N2O. The van der Waals surface area contributed by atoms with Gasteiger partial charge < -0.3 is 9.72 Å². The molecule has 1 aromatic heterocycles. The molecule has 3 heteroatoms. The van der Waals surface area contributed by atoms with Gasteiger partial charge in [0.15, 0.2) is 0 Å². The smallest absolute Gasteiger partial charge is 0.108 e. The van der Waals surface area contributed by atoms with Crippen LogP contribution in [-0.2, 0) is 11.2 Å². The number of hydrogen-bond donors (Lipinski definition) is 1. The van der Waals surface area contributed by atoms with E-state index in [2.05, 4.69) is 9.97 Å². The predicted molar refractivity (Wildman–Crippen MR) is 41.3 cm³/mol. The Bertz CT molecular complexity index is 202. The van der Waals surface area contributed by atoms with Gasteiger partial charge in [-0.3, -0.25) is 0 Å². The molecular weight excluding hydrogens is 140 g/mol. The molecule has 0 spiro atoms. The molecule has 1 aromatic rings. The number of H-pyrrole nitrogens is 1. The third-order valence-corrected chi connectivity index (χ3v) is 2.00. The van der Waals surface area contributed by atoms with Gasteiger partial charge in [-0.2, -0.15) is 0 Å². The summed E-state index contributed by atoms with van der Waals surface area (Å²) in [5.74, 6) is 1.04. The number of aromatic nitrogens is 2. The predicted octanol–water partition coefficient (Wildman–Crippen LogP) is 1.13. The molecule has 0 radical (unpaired) electrons. The van der Waals surface area contributed by atoms with Gasteiger partial charge >= 0.3 is 0 Å². The van der Waals surface area contributed by atoms with Crippen LogP contribution < -0.4 is 0 Å². The third kappa shape index (κ3) is 1.60. The number of nitrogens with zero attached hydrogens (tertiary/aromatic N) is 1. The number of aromatic amines is 1. The van der Waals surface area contributed by atoms with Crippen molar-refractivity contribution < 1.29 is 4.74 Å². The van der Waals surface area contributed by atoms with Gasteiger partial charge in [-0.25, -0.2) is 4.98 Å². The Morgan fingerprint density at radius 3 is 3.36 bits per heavy atom. The third-order valence-electron chi connectivity index (χ3n) is 2.00. The topological polar surface area (TPSA) is 37.9 Å². The van der Waals surface area contributed by atoms with Crippen molar-refractivity contribution in [1.82, 2.24) is 9.97 Å². The van der Waals surface area contributed by atoms with Crippen LogP contribution >= 0.6 is 0 Å². The average Bonchev–Trinajstić information content (AvgIpc) is 2.60. The molecule has 0 amide bonds. The van der Waals surface area contributed by atoms with Crippen LogP contribution in [0.1, 0.15) is 18.7 Å². The van der Waals surface area contributed by atoms with E-state index >= 15 is 0 Å². The molecule has 1 atom stereocenters. The number of rotatable bonds is 2. The Morgan fingerprint density at radius 2 is 2.73 bits per heavy atom. The van der Waals surface area contributed by atoms with Crippen molar-refractivity contribution in [3.05, 3.63) is 18.2 Å². The second-order valence-electron chi connectivity index (χ2n) is 2.88. The molecule has 0 aliphatic carbocycles. The van der Waals surface area contributed by atoms with Crippen molar-refractivity contribution in [2.24, 2.45) is 0 Å². The lowest BCUT2D eigenvalue weighted by Gasteiger charge is -2.05. The lowest BCUT2D eigenvalue weighted by Crippen LogP contribution is -2.09. The van der Waals surface area contributed by atoms with E-state index in [-0.39, 0.29) is 0 Å². The molecule has 1 saturated heterocycles. The summed E-state index contributed by atoms with van der Waals surface area (Å²) in [5.41, 5.74) is 0. The van der Waals surface area contributed by atoms with Crippen LogP contribution in [0.3, 0.4) is 0 Å². The molecule has 0 unspecified atom stereocenters. The van der Waals surface area contributed by atoms with E-state index in [1.54, 1.807) is 6.20 Å². The average molecular weight is 152 g/mol. The van der Waals surface area contributed by atoms with E-state index in [4.69, 9.17) is 4.74 Å². The van der Waals surface area contributed by atoms with Crippen LogP contribution in [0.4, 0.5) is 0 Å². The summed E-state index contributed by atoms with van der Waals surface area (Å²) in [6, 6.07) is 0. The van der Waals surface area contributed by atoms with Gasteiger partial charge in [0.2, 0.25) is 0 Å². The Balaban J connectivity index is 1.90. The number of imidazole rings is 1. The molecule has 1 N–H and O–H groups in total. The molecule has 0 bridgehead atoms. The van der Waals surface area contributed by atoms with Crippen molar-refractivity contribution in [2.75, 3.05) is 6.61 Å². The van der Waals surface area contributed by atoms with Crippen LogP contribution in [0, 0.1) is 0 Å². The molecule has 2 heterocycles. The summed E-state index contributed by atoms with van der Waals surface area (Å²) in [5, 5.41) is 0. The van der Waals surface area contributed by atoms with Gasteiger partial charge in [0, 0.05) is 25.4 Å². The number of hydrogen-bond acceptors (Lipinski definition) is 2. The van der Waals surface area contributed by atoms with E-state index in [9.17, 15) is 0 Å². The highest BCUT2D eigenvalue weighted by atomic mass is 16.5. The van der Waals surface area contributed by atoms with Gasteiger partial charge in [-0.15, -0.1) is 0 Å². The molecule has 0 aromatic carbocycles. The van der Waals surface area contributed by atoms with E-state index < -0.39 is 0 Å². The maximum Gasteiger partial charge on any atom is 0.108 e. The first-order chi connectivity index (χ1) is 5.45. The summed E-state index contributed by atoms with van der Waals surface area (Å²) >= 11 is 0. The van der Waals surface area contributed by atoms with Gasteiger partial charge in [-0.05, 0) is 12.8 Å². The normalized spacial score (nSPS) is 24.2. The summed E-state index contributed by atoms with van der Waals surface area (Å²) in [7, 11) is 0. The number of ether oxygens (including phenoxy) is 1. The highest BCUT2D eigenvalue weighted by molar-refractivity contribution is 4.90. The Labute approximate surface area is 65.8 Å². The first-order valence-electron chi connectivity index (χ1n) is 4.05. The fraction of sp³-hybridized carbons (Fsp3) is 0.625. The fourth-order valence-corrected chi connectivity index (χ4v) is 1.43. The Hall–Kier alpha value is -0.830. The standard InChI is InChI=1S/C8H12N2O/c1-2-7(11-5-1)6-8-9-3-4-10-8/h3-4,7H,1-2,5-6H2,(H,9,10)/t7-/m1/s1. The second-order valence-corrected chi connectivity index (χ2v) is 2.88. The maximum absolute atomic E-state index is 5.47.